The summed E-state index contributed by atoms with van der Waals surface area (Å²) in [5, 5.41) is 0. The lowest BCUT2D eigenvalue weighted by Gasteiger charge is -2.40. The lowest BCUT2D eigenvalue weighted by Crippen LogP contribution is -2.54. The van der Waals surface area contributed by atoms with Gasteiger partial charge in [-0.1, -0.05) is 26.2 Å². The second-order valence-electron chi connectivity index (χ2n) is 6.53. The Kier molecular flexibility index (Phi) is 5.85. The number of piperidine rings is 1. The van der Waals surface area contributed by atoms with Crippen LogP contribution in [0.1, 0.15) is 52.4 Å². The zero-order valence-electron chi connectivity index (χ0n) is 13.2. The summed E-state index contributed by atoms with van der Waals surface area (Å²) in [5.74, 6) is 0.875. The van der Waals surface area contributed by atoms with Crippen molar-refractivity contribution in [2.75, 3.05) is 26.2 Å². The minimum absolute atomic E-state index is 0.0228. The SMILES string of the molecule is CCC1CN(C(C)C(=O)N2CCCCCC2)CCC1N. The van der Waals surface area contributed by atoms with Crippen LogP contribution in [0.5, 0.6) is 0 Å². The van der Waals surface area contributed by atoms with E-state index < -0.39 is 0 Å². The number of amides is 1. The summed E-state index contributed by atoms with van der Waals surface area (Å²) < 4.78 is 0. The number of carbonyl (C=O) groups is 1. The minimum atomic E-state index is 0.0228. The summed E-state index contributed by atoms with van der Waals surface area (Å²) in [6.45, 7) is 8.14. The standard InChI is InChI=1S/C16H31N3O/c1-3-14-12-19(11-8-15(14)17)13(2)16(20)18-9-6-4-5-7-10-18/h13-15H,3-12,17H2,1-2H3. The fraction of sp³-hybridized carbons (Fsp3) is 0.938. The molecule has 0 radical (unpaired) electrons. The molecule has 0 spiro atoms. The lowest BCUT2D eigenvalue weighted by atomic mass is 9.90. The first-order valence-electron chi connectivity index (χ1n) is 8.42. The molecule has 3 atom stereocenters. The Labute approximate surface area is 123 Å². The Morgan fingerprint density at radius 3 is 2.45 bits per heavy atom. The largest absolute Gasteiger partial charge is 0.341 e. The van der Waals surface area contributed by atoms with E-state index in [1.54, 1.807) is 0 Å². The molecule has 0 aromatic carbocycles. The van der Waals surface area contributed by atoms with Crippen LogP contribution in [0, 0.1) is 5.92 Å². The van der Waals surface area contributed by atoms with E-state index in [1.165, 1.54) is 25.7 Å². The van der Waals surface area contributed by atoms with Gasteiger partial charge in [0.1, 0.15) is 0 Å². The molecule has 2 saturated heterocycles. The van der Waals surface area contributed by atoms with Gasteiger partial charge in [-0.15, -0.1) is 0 Å². The van der Waals surface area contributed by atoms with E-state index in [-0.39, 0.29) is 6.04 Å². The molecule has 0 aliphatic carbocycles. The van der Waals surface area contributed by atoms with Gasteiger partial charge in [-0.3, -0.25) is 9.69 Å². The number of likely N-dealkylation sites (tertiary alicyclic amines) is 2. The summed E-state index contributed by atoms with van der Waals surface area (Å²) in [6.07, 6.45) is 7.02. The van der Waals surface area contributed by atoms with Crippen molar-refractivity contribution in [3.05, 3.63) is 0 Å². The molecule has 0 saturated carbocycles. The summed E-state index contributed by atoms with van der Waals surface area (Å²) in [7, 11) is 0. The highest BCUT2D eigenvalue weighted by molar-refractivity contribution is 5.81. The van der Waals surface area contributed by atoms with E-state index in [1.807, 2.05) is 0 Å². The summed E-state index contributed by atoms with van der Waals surface area (Å²) in [5.41, 5.74) is 6.17. The van der Waals surface area contributed by atoms with Crippen molar-refractivity contribution >= 4 is 5.91 Å². The van der Waals surface area contributed by atoms with Crippen molar-refractivity contribution in [1.29, 1.82) is 0 Å². The van der Waals surface area contributed by atoms with Crippen molar-refractivity contribution in [3.63, 3.8) is 0 Å². The van der Waals surface area contributed by atoms with E-state index in [4.69, 9.17) is 5.73 Å². The van der Waals surface area contributed by atoms with Crippen molar-refractivity contribution in [2.24, 2.45) is 11.7 Å². The van der Waals surface area contributed by atoms with Gasteiger partial charge in [0.05, 0.1) is 6.04 Å². The van der Waals surface area contributed by atoms with Gasteiger partial charge in [-0.05, 0) is 32.1 Å². The molecule has 116 valence electrons. The van der Waals surface area contributed by atoms with Crippen LogP contribution < -0.4 is 5.73 Å². The molecule has 2 rings (SSSR count). The van der Waals surface area contributed by atoms with Crippen LogP contribution in [0.2, 0.25) is 0 Å². The van der Waals surface area contributed by atoms with Crippen LogP contribution in [0.25, 0.3) is 0 Å². The van der Waals surface area contributed by atoms with E-state index in [0.717, 1.165) is 39.0 Å². The fourth-order valence-electron chi connectivity index (χ4n) is 3.57. The zero-order chi connectivity index (χ0) is 14.5. The highest BCUT2D eigenvalue weighted by Crippen LogP contribution is 2.21. The molecule has 1 amide bonds. The van der Waals surface area contributed by atoms with Crippen LogP contribution in [0.4, 0.5) is 0 Å². The molecule has 0 aromatic rings. The predicted molar refractivity (Wildman–Crippen MR) is 82.5 cm³/mol. The molecule has 4 nitrogen and oxygen atoms in total. The second-order valence-corrected chi connectivity index (χ2v) is 6.53. The third kappa shape index (κ3) is 3.73. The van der Waals surface area contributed by atoms with E-state index in [0.29, 0.717) is 17.9 Å². The summed E-state index contributed by atoms with van der Waals surface area (Å²) in [6, 6.07) is 0.339. The first-order valence-corrected chi connectivity index (χ1v) is 8.42. The van der Waals surface area contributed by atoms with Crippen LogP contribution in [-0.4, -0.2) is 54.0 Å². The number of hydrogen-bond acceptors (Lipinski definition) is 3. The van der Waals surface area contributed by atoms with Gasteiger partial charge in [-0.2, -0.15) is 0 Å². The maximum atomic E-state index is 12.7. The predicted octanol–water partition coefficient (Wildman–Crippen LogP) is 1.84. The fourth-order valence-corrected chi connectivity index (χ4v) is 3.57. The Hall–Kier alpha value is -0.610. The lowest BCUT2D eigenvalue weighted by molar-refractivity contribution is -0.137. The van der Waals surface area contributed by atoms with Crippen molar-refractivity contribution in [1.82, 2.24) is 9.80 Å². The van der Waals surface area contributed by atoms with Gasteiger partial charge in [0.15, 0.2) is 0 Å². The molecule has 2 aliphatic heterocycles. The Balaban J connectivity index is 1.92. The first kappa shape index (κ1) is 15.8. The molecule has 2 N–H and O–H groups in total. The van der Waals surface area contributed by atoms with Gasteiger partial charge in [0.25, 0.3) is 0 Å². The first-order chi connectivity index (χ1) is 9.63. The van der Waals surface area contributed by atoms with E-state index >= 15 is 0 Å². The second kappa shape index (κ2) is 7.41. The van der Waals surface area contributed by atoms with Gasteiger partial charge in [-0.25, -0.2) is 0 Å². The molecule has 4 heteroatoms. The third-order valence-corrected chi connectivity index (χ3v) is 5.17. The van der Waals surface area contributed by atoms with Crippen LogP contribution in [-0.2, 0) is 4.79 Å². The Morgan fingerprint density at radius 2 is 1.85 bits per heavy atom. The molecule has 2 aliphatic rings. The molecule has 0 bridgehead atoms. The summed E-state index contributed by atoms with van der Waals surface area (Å²) >= 11 is 0. The number of carbonyl (C=O) groups excluding carboxylic acids is 1. The van der Waals surface area contributed by atoms with Crippen molar-refractivity contribution in [3.8, 4) is 0 Å². The normalized spacial score (nSPS) is 30.9. The van der Waals surface area contributed by atoms with Crippen LogP contribution >= 0.6 is 0 Å². The molecular formula is C16H31N3O. The van der Waals surface area contributed by atoms with Crippen molar-refractivity contribution in [2.45, 2.75) is 64.5 Å². The van der Waals surface area contributed by atoms with Gasteiger partial charge in [0.2, 0.25) is 5.91 Å². The smallest absolute Gasteiger partial charge is 0.239 e. The Morgan fingerprint density at radius 1 is 1.20 bits per heavy atom. The maximum Gasteiger partial charge on any atom is 0.239 e. The van der Waals surface area contributed by atoms with Crippen LogP contribution in [0.3, 0.4) is 0 Å². The third-order valence-electron chi connectivity index (χ3n) is 5.17. The monoisotopic (exact) mass is 281 g/mol. The zero-order valence-corrected chi connectivity index (χ0v) is 13.2. The molecule has 0 aromatic heterocycles. The van der Waals surface area contributed by atoms with Gasteiger partial charge >= 0.3 is 0 Å². The Bertz CT molecular complexity index is 313. The minimum Gasteiger partial charge on any atom is -0.341 e. The van der Waals surface area contributed by atoms with Gasteiger partial charge in [0, 0.05) is 32.2 Å². The topological polar surface area (TPSA) is 49.6 Å². The average molecular weight is 281 g/mol. The van der Waals surface area contributed by atoms with Crippen molar-refractivity contribution < 1.29 is 4.79 Å². The number of nitrogens with zero attached hydrogens (tertiary/aromatic N) is 2. The highest BCUT2D eigenvalue weighted by atomic mass is 16.2. The maximum absolute atomic E-state index is 12.7. The molecular weight excluding hydrogens is 250 g/mol. The van der Waals surface area contributed by atoms with Gasteiger partial charge < -0.3 is 10.6 Å². The number of hydrogen-bond donors (Lipinski definition) is 1. The van der Waals surface area contributed by atoms with Crippen LogP contribution in [0.15, 0.2) is 0 Å². The number of nitrogens with two attached hydrogens (primary N) is 1. The number of rotatable bonds is 3. The molecule has 3 unspecified atom stereocenters. The summed E-state index contributed by atoms with van der Waals surface area (Å²) in [4.78, 5) is 17.1. The molecule has 2 heterocycles. The molecule has 2 fully saturated rings. The molecule has 20 heavy (non-hydrogen) atoms. The quantitative estimate of drug-likeness (QED) is 0.858. The average Bonchev–Trinajstić information content (AvgIpc) is 2.75. The van der Waals surface area contributed by atoms with E-state index in [2.05, 4.69) is 23.6 Å². The highest BCUT2D eigenvalue weighted by Gasteiger charge is 2.32. The van der Waals surface area contributed by atoms with E-state index in [9.17, 15) is 4.79 Å².